The minimum absolute atomic E-state index is 0.423. The number of halogens is 1. The topological polar surface area (TPSA) is 64.4 Å². The molecule has 152 valence electrons. The summed E-state index contributed by atoms with van der Waals surface area (Å²) in [4.78, 5) is 0. The summed E-state index contributed by atoms with van der Waals surface area (Å²) in [5.74, 6) is 2.11. The smallest absolute Gasteiger partial charge is 0.216 e. The molecule has 1 N–H and O–H groups in total. The zero-order valence-electron chi connectivity index (χ0n) is 16.4. The Kier molecular flexibility index (Phi) is 7.43. The molecule has 2 aromatic carbocycles. The molecule has 0 aliphatic rings. The molecular weight excluding hydrogens is 408 g/mol. The van der Waals surface area contributed by atoms with Crippen molar-refractivity contribution in [3.63, 3.8) is 0 Å². The third-order valence-corrected chi connectivity index (χ3v) is 4.81. The van der Waals surface area contributed by atoms with Gasteiger partial charge in [0.15, 0.2) is 17.3 Å². The van der Waals surface area contributed by atoms with E-state index in [9.17, 15) is 0 Å². The van der Waals surface area contributed by atoms with Gasteiger partial charge in [-0.05, 0) is 60.1 Å². The number of rotatable bonds is 9. The molecule has 3 rings (SSSR count). The Morgan fingerprint density at radius 2 is 2.00 bits per heavy atom. The zero-order valence-corrected chi connectivity index (χ0v) is 18.0. The third-order valence-electron chi connectivity index (χ3n) is 4.29. The fraction of sp³-hybridized carbons (Fsp3) is 0.286. The number of H-pyrrole nitrogens is 1. The van der Waals surface area contributed by atoms with Gasteiger partial charge in [-0.2, -0.15) is 14.9 Å². The predicted octanol–water partition coefficient (Wildman–Crippen LogP) is 5.41. The van der Waals surface area contributed by atoms with Crippen molar-refractivity contribution >= 4 is 30.0 Å². The molecule has 0 unspecified atom stereocenters. The van der Waals surface area contributed by atoms with E-state index in [-0.39, 0.29) is 0 Å². The van der Waals surface area contributed by atoms with Crippen LogP contribution in [0.25, 0.3) is 0 Å². The lowest BCUT2D eigenvalue weighted by molar-refractivity contribution is 0.284. The van der Waals surface area contributed by atoms with Gasteiger partial charge in [-0.1, -0.05) is 37.1 Å². The standard InChI is InChI=1S/C21H23ClN4O2S/c1-3-4-5-20-24-25-21(29)26(20)23-13-16-8-11-18(19(12-16)27-2)28-14-15-6-9-17(22)10-7-15/h6-13H,3-5,14H2,1-2H3,(H,25,29)/b23-13+. The summed E-state index contributed by atoms with van der Waals surface area (Å²) in [5.41, 5.74) is 1.89. The summed E-state index contributed by atoms with van der Waals surface area (Å²) in [6, 6.07) is 13.2. The highest BCUT2D eigenvalue weighted by Gasteiger charge is 2.07. The van der Waals surface area contributed by atoms with E-state index in [0.29, 0.717) is 27.9 Å². The number of unbranched alkanes of at least 4 members (excludes halogenated alkanes) is 1. The second-order valence-corrected chi connectivity index (χ2v) is 7.25. The van der Waals surface area contributed by atoms with Gasteiger partial charge in [0.05, 0.1) is 13.3 Å². The SMILES string of the molecule is CCCCc1n[nH]c(=S)n1/N=C/c1ccc(OCc2ccc(Cl)cc2)c(OC)c1. The van der Waals surface area contributed by atoms with E-state index in [1.54, 1.807) is 18.0 Å². The lowest BCUT2D eigenvalue weighted by Crippen LogP contribution is -2.00. The van der Waals surface area contributed by atoms with Gasteiger partial charge in [0.2, 0.25) is 4.77 Å². The van der Waals surface area contributed by atoms with Crippen LogP contribution < -0.4 is 9.47 Å². The number of ether oxygens (including phenoxy) is 2. The number of nitrogens with zero attached hydrogens (tertiary/aromatic N) is 3. The van der Waals surface area contributed by atoms with Crippen molar-refractivity contribution in [1.82, 2.24) is 14.9 Å². The van der Waals surface area contributed by atoms with E-state index in [2.05, 4.69) is 22.2 Å². The lowest BCUT2D eigenvalue weighted by Gasteiger charge is -2.11. The Morgan fingerprint density at radius 1 is 1.21 bits per heavy atom. The molecule has 0 aliphatic carbocycles. The van der Waals surface area contributed by atoms with Gasteiger partial charge in [0, 0.05) is 11.4 Å². The summed E-state index contributed by atoms with van der Waals surface area (Å²) >= 11 is 11.2. The summed E-state index contributed by atoms with van der Waals surface area (Å²) in [7, 11) is 1.61. The van der Waals surface area contributed by atoms with Crippen LogP contribution in [0.4, 0.5) is 0 Å². The quantitative estimate of drug-likeness (QED) is 0.364. The minimum atomic E-state index is 0.423. The number of hydrogen-bond acceptors (Lipinski definition) is 5. The van der Waals surface area contributed by atoms with Gasteiger partial charge in [-0.3, -0.25) is 5.10 Å². The van der Waals surface area contributed by atoms with Gasteiger partial charge in [-0.15, -0.1) is 0 Å². The van der Waals surface area contributed by atoms with Gasteiger partial charge in [0.25, 0.3) is 0 Å². The van der Waals surface area contributed by atoms with Crippen molar-refractivity contribution in [1.29, 1.82) is 0 Å². The van der Waals surface area contributed by atoms with Crippen molar-refractivity contribution < 1.29 is 9.47 Å². The first-order valence-corrected chi connectivity index (χ1v) is 10.1. The molecule has 0 saturated heterocycles. The Balaban J connectivity index is 1.73. The molecule has 0 aliphatic heterocycles. The monoisotopic (exact) mass is 430 g/mol. The van der Waals surface area contributed by atoms with E-state index in [1.165, 1.54) is 0 Å². The van der Waals surface area contributed by atoms with Crippen LogP contribution in [0.5, 0.6) is 11.5 Å². The molecule has 0 bridgehead atoms. The number of aromatic amines is 1. The number of hydrogen-bond donors (Lipinski definition) is 1. The van der Waals surface area contributed by atoms with Gasteiger partial charge < -0.3 is 9.47 Å². The summed E-state index contributed by atoms with van der Waals surface area (Å²) in [6.45, 7) is 2.56. The first-order valence-electron chi connectivity index (χ1n) is 9.36. The zero-order chi connectivity index (χ0) is 20.6. The Labute approximate surface area is 180 Å². The maximum absolute atomic E-state index is 5.92. The Hall–Kier alpha value is -2.64. The average Bonchev–Trinajstić information content (AvgIpc) is 3.09. The molecular formula is C21H23ClN4O2S. The van der Waals surface area contributed by atoms with Crippen LogP contribution in [0, 0.1) is 4.77 Å². The third kappa shape index (κ3) is 5.68. The molecule has 0 fully saturated rings. The molecule has 0 atom stereocenters. The minimum Gasteiger partial charge on any atom is -0.493 e. The molecule has 0 amide bonds. The highest BCUT2D eigenvalue weighted by atomic mass is 35.5. The number of methoxy groups -OCH3 is 1. The average molecular weight is 431 g/mol. The molecule has 0 saturated carbocycles. The fourth-order valence-corrected chi connectivity index (χ4v) is 3.01. The molecule has 3 aromatic rings. The second kappa shape index (κ2) is 10.2. The van der Waals surface area contributed by atoms with E-state index in [4.69, 9.17) is 33.3 Å². The van der Waals surface area contributed by atoms with Crippen LogP contribution >= 0.6 is 23.8 Å². The van der Waals surface area contributed by atoms with Crippen molar-refractivity contribution in [2.24, 2.45) is 5.10 Å². The van der Waals surface area contributed by atoms with Crippen LogP contribution in [0.3, 0.4) is 0 Å². The highest BCUT2D eigenvalue weighted by Crippen LogP contribution is 2.28. The van der Waals surface area contributed by atoms with Crippen LogP contribution in [-0.2, 0) is 13.0 Å². The summed E-state index contributed by atoms with van der Waals surface area (Å²) < 4.78 is 13.5. The number of aromatic nitrogens is 3. The summed E-state index contributed by atoms with van der Waals surface area (Å²) in [6.07, 6.45) is 4.66. The van der Waals surface area contributed by atoms with Crippen molar-refractivity contribution in [2.45, 2.75) is 32.8 Å². The number of benzene rings is 2. The van der Waals surface area contributed by atoms with E-state index in [0.717, 1.165) is 36.2 Å². The molecule has 6 nitrogen and oxygen atoms in total. The maximum atomic E-state index is 5.92. The maximum Gasteiger partial charge on any atom is 0.216 e. The van der Waals surface area contributed by atoms with Gasteiger partial charge >= 0.3 is 0 Å². The summed E-state index contributed by atoms with van der Waals surface area (Å²) in [5, 5.41) is 12.2. The normalized spacial score (nSPS) is 11.1. The molecule has 8 heteroatoms. The van der Waals surface area contributed by atoms with Crippen LogP contribution in [0.15, 0.2) is 47.6 Å². The van der Waals surface area contributed by atoms with Crippen molar-refractivity contribution in [3.05, 3.63) is 69.2 Å². The first kappa shape index (κ1) is 21.1. The molecule has 29 heavy (non-hydrogen) atoms. The van der Waals surface area contributed by atoms with E-state index < -0.39 is 0 Å². The van der Waals surface area contributed by atoms with Crippen molar-refractivity contribution in [3.8, 4) is 11.5 Å². The highest BCUT2D eigenvalue weighted by molar-refractivity contribution is 7.71. The van der Waals surface area contributed by atoms with Crippen LogP contribution in [0.1, 0.15) is 36.7 Å². The largest absolute Gasteiger partial charge is 0.493 e. The van der Waals surface area contributed by atoms with Crippen molar-refractivity contribution in [2.75, 3.05) is 7.11 Å². The van der Waals surface area contributed by atoms with E-state index in [1.807, 2.05) is 42.5 Å². The Morgan fingerprint density at radius 3 is 2.72 bits per heavy atom. The van der Waals surface area contributed by atoms with Gasteiger partial charge in [0.1, 0.15) is 6.61 Å². The Bertz CT molecular complexity index is 1030. The molecule has 0 radical (unpaired) electrons. The number of aryl methyl sites for hydroxylation is 1. The van der Waals surface area contributed by atoms with E-state index >= 15 is 0 Å². The predicted molar refractivity (Wildman–Crippen MR) is 118 cm³/mol. The lowest BCUT2D eigenvalue weighted by atomic mass is 10.2. The molecule has 1 aromatic heterocycles. The number of nitrogens with one attached hydrogen (secondary N) is 1. The van der Waals surface area contributed by atoms with Crippen LogP contribution in [-0.4, -0.2) is 28.2 Å². The molecule has 1 heterocycles. The fourth-order valence-electron chi connectivity index (χ4n) is 2.69. The van der Waals surface area contributed by atoms with Crippen LogP contribution in [0.2, 0.25) is 5.02 Å². The first-order chi connectivity index (χ1) is 14.1. The second-order valence-electron chi connectivity index (χ2n) is 6.43. The molecule has 0 spiro atoms. The van der Waals surface area contributed by atoms with Gasteiger partial charge in [-0.25, -0.2) is 0 Å².